The molecule has 0 spiro atoms. The van der Waals surface area contributed by atoms with E-state index in [9.17, 15) is 13.2 Å². The molecule has 1 atom stereocenters. The quantitative estimate of drug-likeness (QED) is 0.596. The number of carbonyl (C=O) groups excluding carboxylic acids is 1. The molecular weight excluding hydrogens is 356 g/mol. The van der Waals surface area contributed by atoms with Gasteiger partial charge in [-0.05, 0) is 24.6 Å². The molecule has 1 aromatic rings. The minimum Gasteiger partial charge on any atom is -0.378 e. The van der Waals surface area contributed by atoms with Gasteiger partial charge in [-0.1, -0.05) is 19.8 Å². The molecule has 0 aromatic heterocycles. The molecular formula is C17H28N4O4S. The number of benzene rings is 1. The molecule has 1 aliphatic heterocycles. The fourth-order valence-electron chi connectivity index (χ4n) is 2.92. The Hall–Kier alpha value is -1.68. The summed E-state index contributed by atoms with van der Waals surface area (Å²) < 4.78 is 28.8. The van der Waals surface area contributed by atoms with Gasteiger partial charge >= 0.3 is 0 Å². The number of anilines is 1. The van der Waals surface area contributed by atoms with Crippen LogP contribution in [0.4, 0.5) is 5.69 Å². The average Bonchev–Trinajstić information content (AvgIpc) is 2.64. The van der Waals surface area contributed by atoms with Crippen molar-refractivity contribution in [3.63, 3.8) is 0 Å². The Bertz CT molecular complexity index is 717. The second kappa shape index (κ2) is 9.31. The molecule has 1 amide bonds. The number of carbonyl (C=O) groups is 1. The van der Waals surface area contributed by atoms with Gasteiger partial charge in [0.25, 0.3) is 5.91 Å². The van der Waals surface area contributed by atoms with E-state index in [1.54, 1.807) is 6.07 Å². The van der Waals surface area contributed by atoms with E-state index in [0.29, 0.717) is 38.5 Å². The minimum absolute atomic E-state index is 0.0856. The van der Waals surface area contributed by atoms with Crippen molar-refractivity contribution >= 4 is 21.6 Å². The fraction of sp³-hybridized carbons (Fsp3) is 0.588. The number of rotatable bonds is 8. The normalized spacial score (nSPS) is 16.3. The van der Waals surface area contributed by atoms with Crippen LogP contribution in [0, 0.1) is 0 Å². The van der Waals surface area contributed by atoms with Gasteiger partial charge in [-0.15, -0.1) is 0 Å². The van der Waals surface area contributed by atoms with Crippen LogP contribution in [0.1, 0.15) is 36.5 Å². The summed E-state index contributed by atoms with van der Waals surface area (Å²) in [6.07, 6.45) is 2.74. The van der Waals surface area contributed by atoms with Crippen LogP contribution < -0.4 is 21.1 Å². The first-order valence-electron chi connectivity index (χ1n) is 8.87. The number of amides is 1. The van der Waals surface area contributed by atoms with E-state index in [0.717, 1.165) is 19.3 Å². The van der Waals surface area contributed by atoms with Crippen LogP contribution in [0.3, 0.4) is 0 Å². The number of nitrogens with zero attached hydrogens (tertiary/aromatic N) is 1. The number of nitrogens with one attached hydrogen (secondary N) is 1. The minimum atomic E-state index is -3.90. The second-order valence-corrected chi connectivity index (χ2v) is 7.93. The molecule has 9 heteroatoms. The molecule has 1 saturated heterocycles. The number of sulfonamides is 1. The van der Waals surface area contributed by atoms with Crippen molar-refractivity contribution in [2.24, 2.45) is 10.9 Å². The van der Waals surface area contributed by atoms with Crippen molar-refractivity contribution < 1.29 is 17.9 Å². The molecule has 0 aliphatic carbocycles. The predicted octanol–water partition coefficient (Wildman–Crippen LogP) is 0.418. The lowest BCUT2D eigenvalue weighted by Gasteiger charge is -2.31. The van der Waals surface area contributed by atoms with Crippen molar-refractivity contribution in [3.8, 4) is 0 Å². The van der Waals surface area contributed by atoms with Gasteiger partial charge in [-0.25, -0.2) is 13.6 Å². The molecule has 1 aliphatic rings. The Labute approximate surface area is 154 Å². The highest BCUT2D eigenvalue weighted by molar-refractivity contribution is 7.89. The van der Waals surface area contributed by atoms with E-state index >= 15 is 0 Å². The highest BCUT2D eigenvalue weighted by Crippen LogP contribution is 2.25. The Kier molecular flexibility index (Phi) is 7.39. The number of ether oxygens (including phenoxy) is 1. The third-order valence-electron chi connectivity index (χ3n) is 4.42. The fourth-order valence-corrected chi connectivity index (χ4v) is 3.46. The zero-order valence-corrected chi connectivity index (χ0v) is 15.9. The van der Waals surface area contributed by atoms with Gasteiger partial charge < -0.3 is 20.7 Å². The molecule has 0 saturated carbocycles. The maximum Gasteiger partial charge on any atom is 0.253 e. The van der Waals surface area contributed by atoms with Crippen LogP contribution in [-0.4, -0.2) is 53.2 Å². The van der Waals surface area contributed by atoms with Crippen LogP contribution in [0.15, 0.2) is 23.1 Å². The highest BCUT2D eigenvalue weighted by atomic mass is 32.2. The summed E-state index contributed by atoms with van der Waals surface area (Å²) in [5.41, 5.74) is 6.72. The largest absolute Gasteiger partial charge is 0.378 e. The maximum atomic E-state index is 12.9. The lowest BCUT2D eigenvalue weighted by atomic mass is 10.1. The average molecular weight is 385 g/mol. The smallest absolute Gasteiger partial charge is 0.253 e. The van der Waals surface area contributed by atoms with E-state index < -0.39 is 10.0 Å². The molecule has 0 radical (unpaired) electrons. The van der Waals surface area contributed by atoms with Crippen LogP contribution in [0.5, 0.6) is 0 Å². The van der Waals surface area contributed by atoms with Crippen LogP contribution in [0.25, 0.3) is 0 Å². The summed E-state index contributed by atoms with van der Waals surface area (Å²) in [4.78, 5) is 14.8. The number of primary sulfonamides is 1. The number of hydrogen-bond acceptors (Lipinski definition) is 6. The summed E-state index contributed by atoms with van der Waals surface area (Å²) in [6, 6.07) is 4.24. The summed E-state index contributed by atoms with van der Waals surface area (Å²) >= 11 is 0. The van der Waals surface area contributed by atoms with E-state index in [-0.39, 0.29) is 22.4 Å². The first kappa shape index (κ1) is 20.6. The third kappa shape index (κ3) is 5.41. The Morgan fingerprint density at radius 1 is 1.35 bits per heavy atom. The van der Waals surface area contributed by atoms with Gasteiger partial charge in [0.05, 0.1) is 23.7 Å². The van der Waals surface area contributed by atoms with Crippen LogP contribution in [0.2, 0.25) is 0 Å². The first-order chi connectivity index (χ1) is 12.4. The lowest BCUT2D eigenvalue weighted by Crippen LogP contribution is -2.42. The molecule has 1 unspecified atom stereocenters. The van der Waals surface area contributed by atoms with Gasteiger partial charge in [-0.3, -0.25) is 4.79 Å². The van der Waals surface area contributed by atoms with Crippen molar-refractivity contribution in [2.45, 2.75) is 37.1 Å². The van der Waals surface area contributed by atoms with Crippen LogP contribution >= 0.6 is 0 Å². The predicted molar refractivity (Wildman–Crippen MR) is 101 cm³/mol. The van der Waals surface area contributed by atoms with E-state index in [1.807, 2.05) is 4.90 Å². The molecule has 8 nitrogen and oxygen atoms in total. The summed E-state index contributed by atoms with van der Waals surface area (Å²) in [5, 5.41) is 8.15. The number of morpholine rings is 1. The van der Waals surface area contributed by atoms with Gasteiger partial charge in [-0.2, -0.15) is 0 Å². The van der Waals surface area contributed by atoms with Crippen LogP contribution in [-0.2, 0) is 14.8 Å². The Morgan fingerprint density at radius 3 is 2.62 bits per heavy atom. The first-order valence-corrected chi connectivity index (χ1v) is 10.4. The number of hydrogen-bond donors (Lipinski definition) is 3. The van der Waals surface area contributed by atoms with Crippen molar-refractivity contribution in [1.82, 2.24) is 5.32 Å². The summed E-state index contributed by atoms with van der Waals surface area (Å²) in [6.45, 7) is 4.77. The molecule has 1 fully saturated rings. The molecule has 26 heavy (non-hydrogen) atoms. The van der Waals surface area contributed by atoms with Crippen molar-refractivity contribution in [3.05, 3.63) is 23.8 Å². The SMILES string of the molecule is CCCCC(CN)NC(=O)c1cc(S(N)(=O)=O)ccc1N1CCOCC1. The zero-order chi connectivity index (χ0) is 19.2. The monoisotopic (exact) mass is 384 g/mol. The zero-order valence-electron chi connectivity index (χ0n) is 15.1. The standard InChI is InChI=1S/C17H28N4O4S/c1-2-3-4-13(12-18)20-17(22)15-11-14(26(19,23)24)5-6-16(15)21-7-9-25-10-8-21/h5-6,11,13H,2-4,7-10,12,18H2,1H3,(H,20,22)(H2,19,23,24). The van der Waals surface area contributed by atoms with E-state index in [4.69, 9.17) is 15.6 Å². The van der Waals surface area contributed by atoms with E-state index in [1.165, 1.54) is 12.1 Å². The third-order valence-corrected chi connectivity index (χ3v) is 5.33. The molecule has 0 bridgehead atoms. The molecule has 2 rings (SSSR count). The Morgan fingerprint density at radius 2 is 2.04 bits per heavy atom. The van der Waals surface area contributed by atoms with Gasteiger partial charge in [0.2, 0.25) is 10.0 Å². The van der Waals surface area contributed by atoms with Gasteiger partial charge in [0.15, 0.2) is 0 Å². The topological polar surface area (TPSA) is 128 Å². The van der Waals surface area contributed by atoms with Gasteiger partial charge in [0, 0.05) is 31.4 Å². The highest BCUT2D eigenvalue weighted by Gasteiger charge is 2.23. The molecule has 1 heterocycles. The number of nitrogens with two attached hydrogens (primary N) is 2. The Balaban J connectivity index is 2.33. The van der Waals surface area contributed by atoms with Crippen molar-refractivity contribution in [1.29, 1.82) is 0 Å². The molecule has 5 N–H and O–H groups in total. The van der Waals surface area contributed by atoms with E-state index in [2.05, 4.69) is 12.2 Å². The summed E-state index contributed by atoms with van der Waals surface area (Å²) in [7, 11) is -3.90. The molecule has 146 valence electrons. The summed E-state index contributed by atoms with van der Waals surface area (Å²) in [5.74, 6) is -0.344. The van der Waals surface area contributed by atoms with Gasteiger partial charge in [0.1, 0.15) is 0 Å². The maximum absolute atomic E-state index is 12.9. The second-order valence-electron chi connectivity index (χ2n) is 6.37. The van der Waals surface area contributed by atoms with Crippen molar-refractivity contribution in [2.75, 3.05) is 37.7 Å². The number of unbranched alkanes of at least 4 members (excludes halogenated alkanes) is 1. The lowest BCUT2D eigenvalue weighted by molar-refractivity contribution is 0.0934. The molecule has 1 aromatic carbocycles.